The summed E-state index contributed by atoms with van der Waals surface area (Å²) in [7, 11) is 1.50. The molecule has 0 radical (unpaired) electrons. The number of fused-ring (bicyclic) bond motifs is 1. The molecular formula is C20H22N6O4. The van der Waals surface area contributed by atoms with Crippen LogP contribution in [0.4, 0.5) is 5.69 Å². The zero-order chi connectivity index (χ0) is 21.1. The molecule has 10 nitrogen and oxygen atoms in total. The highest BCUT2D eigenvalue weighted by Crippen LogP contribution is 2.29. The van der Waals surface area contributed by atoms with E-state index < -0.39 is 5.56 Å². The van der Waals surface area contributed by atoms with Gasteiger partial charge in [-0.3, -0.25) is 9.59 Å². The average molecular weight is 410 g/mol. The zero-order valence-corrected chi connectivity index (χ0v) is 16.6. The minimum absolute atomic E-state index is 0.0501. The first-order chi connectivity index (χ1) is 14.6. The lowest BCUT2D eigenvalue weighted by molar-refractivity contribution is -0.134. The van der Waals surface area contributed by atoms with Crippen molar-refractivity contribution in [3.05, 3.63) is 45.8 Å². The largest absolute Gasteiger partial charge is 0.472 e. The number of likely N-dealkylation sites (tertiary alicyclic amines) is 1. The summed E-state index contributed by atoms with van der Waals surface area (Å²) >= 11 is 0. The van der Waals surface area contributed by atoms with E-state index in [1.165, 1.54) is 13.4 Å². The number of pyridine rings is 1. The van der Waals surface area contributed by atoms with Gasteiger partial charge in [0.15, 0.2) is 0 Å². The minimum Gasteiger partial charge on any atom is -0.472 e. The predicted octanol–water partition coefficient (Wildman–Crippen LogP) is 0.225. The van der Waals surface area contributed by atoms with Crippen LogP contribution in [-0.2, 0) is 22.5 Å². The maximum atomic E-state index is 12.0. The van der Waals surface area contributed by atoms with Gasteiger partial charge in [0.25, 0.3) is 5.56 Å². The molecule has 1 saturated heterocycles. The van der Waals surface area contributed by atoms with Crippen LogP contribution in [0.2, 0.25) is 0 Å². The van der Waals surface area contributed by atoms with Crippen molar-refractivity contribution in [3.63, 3.8) is 0 Å². The molecule has 0 saturated carbocycles. The number of anilines is 1. The zero-order valence-electron chi connectivity index (χ0n) is 16.6. The van der Waals surface area contributed by atoms with Gasteiger partial charge in [0.2, 0.25) is 11.8 Å². The standard InChI is InChI=1S/C20H22N6O4/c1-29-11-18(27)26-4-2-15(9-26)30-20-16-10-25(5-3-17(16)23-12-24-20)14-6-13(7-21)19(28)22-8-14/h6,8,12,15H,2-5,9-11H2,1H3,(H,22,28). The van der Waals surface area contributed by atoms with Gasteiger partial charge in [-0.15, -0.1) is 0 Å². The molecule has 1 fully saturated rings. The van der Waals surface area contributed by atoms with E-state index in [1.54, 1.807) is 17.2 Å². The topological polar surface area (TPSA) is 124 Å². The summed E-state index contributed by atoms with van der Waals surface area (Å²) in [6.45, 7) is 2.38. The number of rotatable bonds is 5. The third-order valence-electron chi connectivity index (χ3n) is 5.38. The number of nitrogens with one attached hydrogen (secondary N) is 1. The number of hydrogen-bond acceptors (Lipinski definition) is 8. The van der Waals surface area contributed by atoms with Gasteiger partial charge in [0.05, 0.1) is 30.0 Å². The fourth-order valence-corrected chi connectivity index (χ4v) is 3.80. The van der Waals surface area contributed by atoms with Gasteiger partial charge >= 0.3 is 0 Å². The summed E-state index contributed by atoms with van der Waals surface area (Å²) in [5.74, 6) is 0.464. The van der Waals surface area contributed by atoms with Crippen LogP contribution in [0.15, 0.2) is 23.4 Å². The van der Waals surface area contributed by atoms with E-state index >= 15 is 0 Å². The van der Waals surface area contributed by atoms with Gasteiger partial charge in [-0.1, -0.05) is 0 Å². The lowest BCUT2D eigenvalue weighted by Gasteiger charge is -2.31. The molecule has 1 atom stereocenters. The highest BCUT2D eigenvalue weighted by atomic mass is 16.5. The second kappa shape index (κ2) is 8.51. The van der Waals surface area contributed by atoms with Crippen LogP contribution in [0.3, 0.4) is 0 Å². The molecule has 2 aromatic heterocycles. The summed E-state index contributed by atoms with van der Waals surface area (Å²) < 4.78 is 11.1. The number of ether oxygens (including phenoxy) is 2. The normalized spacial score (nSPS) is 18.1. The molecule has 1 amide bonds. The van der Waals surface area contributed by atoms with Crippen molar-refractivity contribution in [3.8, 4) is 11.9 Å². The second-order valence-corrected chi connectivity index (χ2v) is 7.29. The van der Waals surface area contributed by atoms with Crippen molar-refractivity contribution >= 4 is 11.6 Å². The van der Waals surface area contributed by atoms with Gasteiger partial charge in [-0.2, -0.15) is 5.26 Å². The minimum atomic E-state index is -0.403. The Morgan fingerprint density at radius 2 is 2.27 bits per heavy atom. The molecule has 0 bridgehead atoms. The first-order valence-electron chi connectivity index (χ1n) is 9.73. The average Bonchev–Trinajstić information content (AvgIpc) is 3.23. The Balaban J connectivity index is 1.51. The van der Waals surface area contributed by atoms with Crippen molar-refractivity contribution in [1.82, 2.24) is 19.9 Å². The monoisotopic (exact) mass is 410 g/mol. The highest BCUT2D eigenvalue weighted by Gasteiger charge is 2.30. The highest BCUT2D eigenvalue weighted by molar-refractivity contribution is 5.77. The number of hydrogen-bond donors (Lipinski definition) is 1. The number of methoxy groups -OCH3 is 1. The van der Waals surface area contributed by atoms with Gasteiger partial charge in [-0.25, -0.2) is 9.97 Å². The molecule has 1 unspecified atom stereocenters. The van der Waals surface area contributed by atoms with Crippen molar-refractivity contribution in [2.45, 2.75) is 25.5 Å². The summed E-state index contributed by atoms with van der Waals surface area (Å²) in [5, 5.41) is 9.13. The molecule has 2 aliphatic heterocycles. The molecule has 0 spiro atoms. The molecule has 4 heterocycles. The molecule has 0 aliphatic carbocycles. The Kier molecular flexibility index (Phi) is 5.63. The molecule has 156 valence electrons. The first-order valence-corrected chi connectivity index (χ1v) is 9.73. The number of carbonyl (C=O) groups excluding carboxylic acids is 1. The molecule has 2 aromatic rings. The number of carbonyl (C=O) groups is 1. The van der Waals surface area contributed by atoms with E-state index in [4.69, 9.17) is 14.7 Å². The van der Waals surface area contributed by atoms with Crippen LogP contribution in [0.5, 0.6) is 5.88 Å². The summed E-state index contributed by atoms with van der Waals surface area (Å²) in [6, 6.07) is 3.50. The maximum absolute atomic E-state index is 12.0. The van der Waals surface area contributed by atoms with Gasteiger partial charge in [0, 0.05) is 39.2 Å². The number of H-pyrrole nitrogens is 1. The number of aromatic amines is 1. The Hall–Kier alpha value is -3.45. The fourth-order valence-electron chi connectivity index (χ4n) is 3.80. The lowest BCUT2D eigenvalue weighted by atomic mass is 10.1. The van der Waals surface area contributed by atoms with E-state index in [-0.39, 0.29) is 24.2 Å². The van der Waals surface area contributed by atoms with Crippen molar-refractivity contribution in [2.24, 2.45) is 0 Å². The predicted molar refractivity (Wildman–Crippen MR) is 106 cm³/mol. The van der Waals surface area contributed by atoms with Crippen LogP contribution in [0.1, 0.15) is 23.2 Å². The van der Waals surface area contributed by atoms with Crippen LogP contribution >= 0.6 is 0 Å². The molecule has 2 aliphatic rings. The second-order valence-electron chi connectivity index (χ2n) is 7.29. The third-order valence-corrected chi connectivity index (χ3v) is 5.38. The Bertz CT molecular complexity index is 1050. The number of nitriles is 1. The smallest absolute Gasteiger partial charge is 0.265 e. The van der Waals surface area contributed by atoms with Crippen molar-refractivity contribution in [2.75, 3.05) is 38.3 Å². The van der Waals surface area contributed by atoms with E-state index in [0.29, 0.717) is 38.5 Å². The number of aromatic nitrogens is 3. The SMILES string of the molecule is COCC(=O)N1CCC(Oc2ncnc3c2CN(c2c[nH]c(=O)c(C#N)c2)CC3)C1. The molecule has 30 heavy (non-hydrogen) atoms. The molecule has 1 N–H and O–H groups in total. The quantitative estimate of drug-likeness (QED) is 0.743. The van der Waals surface area contributed by atoms with Crippen molar-refractivity contribution < 1.29 is 14.3 Å². The Labute approximate surface area is 173 Å². The Morgan fingerprint density at radius 1 is 1.40 bits per heavy atom. The molecule has 4 rings (SSSR count). The fraction of sp³-hybridized carbons (Fsp3) is 0.450. The molecular weight excluding hydrogens is 388 g/mol. The molecule has 0 aromatic carbocycles. The Morgan fingerprint density at radius 3 is 3.07 bits per heavy atom. The van der Waals surface area contributed by atoms with Crippen LogP contribution in [0, 0.1) is 11.3 Å². The third kappa shape index (κ3) is 3.97. The maximum Gasteiger partial charge on any atom is 0.265 e. The number of amides is 1. The molecule has 10 heteroatoms. The summed E-state index contributed by atoms with van der Waals surface area (Å²) in [4.78, 5) is 38.8. The van der Waals surface area contributed by atoms with Crippen LogP contribution in [-0.4, -0.2) is 65.2 Å². The lowest BCUT2D eigenvalue weighted by Crippen LogP contribution is -2.34. The van der Waals surface area contributed by atoms with Gasteiger partial charge in [-0.05, 0) is 6.07 Å². The van der Waals surface area contributed by atoms with Gasteiger partial charge < -0.3 is 24.3 Å². The van der Waals surface area contributed by atoms with E-state index in [2.05, 4.69) is 19.9 Å². The van der Waals surface area contributed by atoms with E-state index in [9.17, 15) is 9.59 Å². The van der Waals surface area contributed by atoms with Crippen LogP contribution in [0.25, 0.3) is 0 Å². The van der Waals surface area contributed by atoms with Crippen molar-refractivity contribution in [1.29, 1.82) is 5.26 Å². The summed E-state index contributed by atoms with van der Waals surface area (Å²) in [5.41, 5.74) is 2.23. The first kappa shape index (κ1) is 19.8. The van der Waals surface area contributed by atoms with Gasteiger partial charge in [0.1, 0.15) is 30.7 Å². The number of nitrogens with zero attached hydrogens (tertiary/aromatic N) is 5. The van der Waals surface area contributed by atoms with E-state index in [1.807, 2.05) is 6.07 Å². The van der Waals surface area contributed by atoms with E-state index in [0.717, 1.165) is 23.4 Å². The summed E-state index contributed by atoms with van der Waals surface area (Å²) in [6.07, 6.45) is 4.38. The van der Waals surface area contributed by atoms with Crippen LogP contribution < -0.4 is 15.2 Å².